The number of ether oxygens (including phenoxy) is 2. The smallest absolute Gasteiger partial charge is 0.290 e. The minimum absolute atomic E-state index is 0.00647. The van der Waals surface area contributed by atoms with Crippen LogP contribution in [0.2, 0.25) is 0 Å². The summed E-state index contributed by atoms with van der Waals surface area (Å²) >= 11 is 0. The van der Waals surface area contributed by atoms with Crippen LogP contribution in [0.15, 0.2) is 51.7 Å². The molecule has 1 amide bonds. The van der Waals surface area contributed by atoms with Crippen molar-refractivity contribution in [2.45, 2.75) is 6.04 Å². The molecular weight excluding hydrogens is 415 g/mol. The number of amides is 1. The van der Waals surface area contributed by atoms with Gasteiger partial charge in [-0.3, -0.25) is 14.5 Å². The molecule has 0 saturated carbocycles. The number of benzene rings is 2. The fourth-order valence-corrected chi connectivity index (χ4v) is 4.45. The molecule has 0 spiro atoms. The number of nitrogens with zero attached hydrogens (tertiary/aromatic N) is 2. The lowest BCUT2D eigenvalue weighted by Crippen LogP contribution is -2.42. The molecule has 0 aliphatic carbocycles. The first-order valence-corrected chi connectivity index (χ1v) is 10.6. The standard InChI is InChI=1S/C24H23FN2O5/c1-30-17-5-6-18-19(14-17)32-23-20(22(18)28)21(15-3-2-4-16(25)13-15)27(24(23)29)8-7-26-9-11-31-12-10-26/h2-6,13-14,21H,7-12H2,1H3. The SMILES string of the molecule is COc1ccc2c(=O)c3c(oc2c1)C(=O)N(CCN1CCOCC1)C3c1cccc(F)c1. The van der Waals surface area contributed by atoms with Crippen LogP contribution < -0.4 is 10.2 Å². The molecule has 3 heterocycles. The average Bonchev–Trinajstić information content (AvgIpc) is 3.10. The number of methoxy groups -OCH3 is 1. The lowest BCUT2D eigenvalue weighted by Gasteiger charge is -2.31. The van der Waals surface area contributed by atoms with Gasteiger partial charge in [-0.15, -0.1) is 0 Å². The fourth-order valence-electron chi connectivity index (χ4n) is 4.45. The molecule has 1 fully saturated rings. The summed E-state index contributed by atoms with van der Waals surface area (Å²) in [4.78, 5) is 30.7. The molecule has 2 aliphatic rings. The Labute approximate surface area is 183 Å². The van der Waals surface area contributed by atoms with Crippen LogP contribution in [0.1, 0.15) is 27.7 Å². The van der Waals surface area contributed by atoms with Crippen molar-refractivity contribution in [3.05, 3.63) is 75.4 Å². The van der Waals surface area contributed by atoms with E-state index in [9.17, 15) is 14.0 Å². The summed E-state index contributed by atoms with van der Waals surface area (Å²) in [6, 6.07) is 10.2. The van der Waals surface area contributed by atoms with Gasteiger partial charge in [0.1, 0.15) is 17.1 Å². The van der Waals surface area contributed by atoms with Crippen molar-refractivity contribution in [2.24, 2.45) is 0 Å². The molecule has 166 valence electrons. The number of carbonyl (C=O) groups is 1. The topological polar surface area (TPSA) is 72.2 Å². The van der Waals surface area contributed by atoms with Crippen molar-refractivity contribution in [2.75, 3.05) is 46.5 Å². The minimum Gasteiger partial charge on any atom is -0.497 e. The summed E-state index contributed by atoms with van der Waals surface area (Å²) in [5.41, 5.74) is 0.786. The second kappa shape index (κ2) is 8.37. The van der Waals surface area contributed by atoms with Crippen LogP contribution in [-0.2, 0) is 4.74 Å². The van der Waals surface area contributed by atoms with Crippen LogP contribution in [0.3, 0.4) is 0 Å². The molecule has 7 nitrogen and oxygen atoms in total. The van der Waals surface area contributed by atoms with Gasteiger partial charge in [-0.25, -0.2) is 4.39 Å². The lowest BCUT2D eigenvalue weighted by atomic mass is 9.98. The van der Waals surface area contributed by atoms with Gasteiger partial charge in [0.2, 0.25) is 5.76 Å². The van der Waals surface area contributed by atoms with Gasteiger partial charge in [-0.1, -0.05) is 12.1 Å². The maximum atomic E-state index is 14.1. The molecule has 2 aromatic carbocycles. The number of carbonyl (C=O) groups excluding carboxylic acids is 1. The van der Waals surface area contributed by atoms with Gasteiger partial charge in [-0.2, -0.15) is 0 Å². The highest BCUT2D eigenvalue weighted by Crippen LogP contribution is 2.38. The summed E-state index contributed by atoms with van der Waals surface area (Å²) < 4.78 is 30.7. The van der Waals surface area contributed by atoms with E-state index in [1.165, 1.54) is 19.2 Å². The second-order valence-electron chi connectivity index (χ2n) is 7.95. The van der Waals surface area contributed by atoms with Gasteiger partial charge < -0.3 is 18.8 Å². The largest absolute Gasteiger partial charge is 0.497 e. The predicted octanol–water partition coefficient (Wildman–Crippen LogP) is 2.82. The van der Waals surface area contributed by atoms with Crippen molar-refractivity contribution in [1.82, 2.24) is 9.80 Å². The number of halogens is 1. The highest BCUT2D eigenvalue weighted by Gasteiger charge is 2.42. The van der Waals surface area contributed by atoms with E-state index < -0.39 is 11.9 Å². The average molecular weight is 438 g/mol. The first-order chi connectivity index (χ1) is 15.6. The van der Waals surface area contributed by atoms with Gasteiger partial charge >= 0.3 is 0 Å². The van der Waals surface area contributed by atoms with Gasteiger partial charge in [-0.05, 0) is 29.8 Å². The van der Waals surface area contributed by atoms with Crippen LogP contribution >= 0.6 is 0 Å². The van der Waals surface area contributed by atoms with E-state index in [2.05, 4.69) is 4.90 Å². The normalized spacial score (nSPS) is 18.9. The predicted molar refractivity (Wildman–Crippen MR) is 116 cm³/mol. The van der Waals surface area contributed by atoms with Gasteiger partial charge in [0, 0.05) is 32.2 Å². The number of hydrogen-bond acceptors (Lipinski definition) is 6. The molecule has 8 heteroatoms. The van der Waals surface area contributed by atoms with E-state index in [0.717, 1.165) is 13.1 Å². The molecule has 2 aliphatic heterocycles. The number of morpholine rings is 1. The monoisotopic (exact) mass is 438 g/mol. The van der Waals surface area contributed by atoms with E-state index in [1.807, 2.05) is 0 Å². The van der Waals surface area contributed by atoms with Gasteiger partial charge in [0.25, 0.3) is 5.91 Å². The molecule has 1 saturated heterocycles. The van der Waals surface area contributed by atoms with E-state index >= 15 is 0 Å². The van der Waals surface area contributed by atoms with E-state index in [-0.39, 0.29) is 28.2 Å². The van der Waals surface area contributed by atoms with Crippen molar-refractivity contribution >= 4 is 16.9 Å². The zero-order valence-corrected chi connectivity index (χ0v) is 17.7. The van der Waals surface area contributed by atoms with Crippen molar-refractivity contribution in [3.63, 3.8) is 0 Å². The molecular formula is C24H23FN2O5. The van der Waals surface area contributed by atoms with E-state index in [1.54, 1.807) is 35.2 Å². The number of rotatable bonds is 5. The van der Waals surface area contributed by atoms with Crippen molar-refractivity contribution in [3.8, 4) is 5.75 Å². The van der Waals surface area contributed by atoms with E-state index in [0.29, 0.717) is 43.0 Å². The third-order valence-corrected chi connectivity index (χ3v) is 6.10. The minimum atomic E-state index is -0.711. The van der Waals surface area contributed by atoms with Gasteiger partial charge in [0.05, 0.1) is 37.3 Å². The third-order valence-electron chi connectivity index (χ3n) is 6.10. The first kappa shape index (κ1) is 20.7. The summed E-state index contributed by atoms with van der Waals surface area (Å²) in [7, 11) is 1.52. The molecule has 5 rings (SSSR count). The zero-order valence-electron chi connectivity index (χ0n) is 17.7. The Kier molecular flexibility index (Phi) is 5.40. The highest BCUT2D eigenvalue weighted by molar-refractivity contribution is 5.99. The highest BCUT2D eigenvalue weighted by atomic mass is 19.1. The van der Waals surface area contributed by atoms with Gasteiger partial charge in [0.15, 0.2) is 5.43 Å². The maximum Gasteiger partial charge on any atom is 0.290 e. The molecule has 1 unspecified atom stereocenters. The summed E-state index contributed by atoms with van der Waals surface area (Å²) in [6.45, 7) is 3.85. The van der Waals surface area contributed by atoms with Crippen LogP contribution in [0, 0.1) is 5.82 Å². The fraction of sp³-hybridized carbons (Fsp3) is 0.333. The molecule has 0 bridgehead atoms. The number of fused-ring (bicyclic) bond motifs is 2. The summed E-state index contributed by atoms with van der Waals surface area (Å²) in [6.07, 6.45) is 0. The lowest BCUT2D eigenvalue weighted by molar-refractivity contribution is 0.0314. The Morgan fingerprint density at radius 2 is 1.91 bits per heavy atom. The third kappa shape index (κ3) is 3.55. The molecule has 32 heavy (non-hydrogen) atoms. The van der Waals surface area contributed by atoms with E-state index in [4.69, 9.17) is 13.9 Å². The van der Waals surface area contributed by atoms with Crippen LogP contribution in [0.4, 0.5) is 4.39 Å². The quantitative estimate of drug-likeness (QED) is 0.610. The molecule has 3 aromatic rings. The van der Waals surface area contributed by atoms with Crippen LogP contribution in [-0.4, -0.2) is 62.2 Å². The van der Waals surface area contributed by atoms with Crippen LogP contribution in [0.25, 0.3) is 11.0 Å². The summed E-state index contributed by atoms with van der Waals surface area (Å²) in [5, 5.41) is 0.355. The van der Waals surface area contributed by atoms with Crippen LogP contribution in [0.5, 0.6) is 5.75 Å². The molecule has 1 aromatic heterocycles. The Balaban J connectivity index is 1.61. The van der Waals surface area contributed by atoms with Crippen molar-refractivity contribution < 1.29 is 23.1 Å². The summed E-state index contributed by atoms with van der Waals surface area (Å²) in [5.74, 6) is -0.264. The molecule has 1 atom stereocenters. The second-order valence-corrected chi connectivity index (χ2v) is 7.95. The first-order valence-electron chi connectivity index (χ1n) is 10.6. The number of hydrogen-bond donors (Lipinski definition) is 0. The van der Waals surface area contributed by atoms with Crippen molar-refractivity contribution in [1.29, 1.82) is 0 Å². The zero-order chi connectivity index (χ0) is 22.2. The Bertz CT molecular complexity index is 1230. The maximum absolute atomic E-state index is 14.1. The molecule has 0 N–H and O–H groups in total. The molecule has 0 radical (unpaired) electrons. The Hall–Kier alpha value is -3.23. The Morgan fingerprint density at radius 3 is 2.66 bits per heavy atom. The Morgan fingerprint density at radius 1 is 1.09 bits per heavy atom.